The van der Waals surface area contributed by atoms with Crippen LogP contribution < -0.4 is 0 Å². The minimum Gasteiger partial charge on any atom is -0.295 e. The van der Waals surface area contributed by atoms with E-state index in [2.05, 4.69) is 5.10 Å². The van der Waals surface area contributed by atoms with Crippen LogP contribution in [-0.2, 0) is 0 Å². The van der Waals surface area contributed by atoms with Gasteiger partial charge in [0.05, 0.1) is 6.54 Å². The van der Waals surface area contributed by atoms with Gasteiger partial charge in [0.25, 0.3) is 0 Å². The summed E-state index contributed by atoms with van der Waals surface area (Å²) < 4.78 is 36.3. The quantitative estimate of drug-likeness (QED) is 0.552. The molecule has 12 heavy (non-hydrogen) atoms. The first-order valence-corrected chi connectivity index (χ1v) is 3.43. The first-order chi connectivity index (χ1) is 5.39. The molecule has 0 atom stereocenters. The Morgan fingerprint density at radius 1 is 1.50 bits per heavy atom. The average molecular weight is 178 g/mol. The number of nitrogens with zero attached hydrogens (tertiary/aromatic N) is 2. The number of hydrazone groups is 1. The zero-order chi connectivity index (χ0) is 9.35. The lowest BCUT2D eigenvalue weighted by Crippen LogP contribution is -2.29. The van der Waals surface area contributed by atoms with Crippen LogP contribution in [0.25, 0.3) is 0 Å². The molecule has 0 aromatic carbocycles. The van der Waals surface area contributed by atoms with E-state index in [1.165, 1.54) is 12.1 Å². The van der Waals surface area contributed by atoms with Gasteiger partial charge in [-0.25, -0.2) is 0 Å². The van der Waals surface area contributed by atoms with E-state index in [1.807, 2.05) is 0 Å². The molecule has 0 aliphatic carbocycles. The second-order valence-corrected chi connectivity index (χ2v) is 2.79. The summed E-state index contributed by atoms with van der Waals surface area (Å²) in [6, 6.07) is 0. The van der Waals surface area contributed by atoms with Crippen molar-refractivity contribution in [2.45, 2.75) is 13.1 Å². The third-order valence-electron chi connectivity index (χ3n) is 1.43. The van der Waals surface area contributed by atoms with Crippen LogP contribution in [0.15, 0.2) is 16.8 Å². The summed E-state index contributed by atoms with van der Waals surface area (Å²) in [5.74, 6) is 0. The topological polar surface area (TPSA) is 15.6 Å². The zero-order valence-corrected chi connectivity index (χ0v) is 6.81. The molecule has 2 nitrogen and oxygen atoms in total. The maximum absolute atomic E-state index is 12.1. The summed E-state index contributed by atoms with van der Waals surface area (Å²) in [5, 5.41) is 4.63. The van der Waals surface area contributed by atoms with Crippen molar-refractivity contribution in [2.24, 2.45) is 5.10 Å². The van der Waals surface area contributed by atoms with E-state index in [0.717, 1.165) is 6.08 Å². The molecule has 0 saturated heterocycles. The highest BCUT2D eigenvalue weighted by Crippen LogP contribution is 2.21. The molecule has 1 heterocycles. The Balaban J connectivity index is 2.91. The smallest absolute Gasteiger partial charge is 0.295 e. The molecule has 68 valence electrons. The van der Waals surface area contributed by atoms with Gasteiger partial charge in [0.2, 0.25) is 0 Å². The van der Waals surface area contributed by atoms with Crippen LogP contribution in [0.3, 0.4) is 0 Å². The Kier molecular flexibility index (Phi) is 2.12. The molecule has 0 unspecified atom stereocenters. The van der Waals surface area contributed by atoms with Gasteiger partial charge in [-0.05, 0) is 13.0 Å². The highest BCUT2D eigenvalue weighted by atomic mass is 19.4. The third kappa shape index (κ3) is 1.99. The summed E-state index contributed by atoms with van der Waals surface area (Å²) in [6.07, 6.45) is -3.27. The summed E-state index contributed by atoms with van der Waals surface area (Å²) in [7, 11) is 1.52. The van der Waals surface area contributed by atoms with Crippen molar-refractivity contribution in [3.05, 3.63) is 11.6 Å². The number of alkyl halides is 3. The molecule has 1 rings (SSSR count). The lowest BCUT2D eigenvalue weighted by atomic mass is 10.2. The van der Waals surface area contributed by atoms with Crippen molar-refractivity contribution < 1.29 is 13.2 Å². The van der Waals surface area contributed by atoms with Crippen molar-refractivity contribution in [3.8, 4) is 0 Å². The highest BCUT2D eigenvalue weighted by Gasteiger charge is 2.35. The predicted octanol–water partition coefficient (Wildman–Crippen LogP) is 1.80. The number of rotatable bonds is 0. The maximum Gasteiger partial charge on any atom is 0.435 e. The van der Waals surface area contributed by atoms with Crippen LogP contribution in [0.2, 0.25) is 0 Å². The summed E-state index contributed by atoms with van der Waals surface area (Å²) in [4.78, 5) is 0. The van der Waals surface area contributed by atoms with Gasteiger partial charge >= 0.3 is 6.18 Å². The zero-order valence-electron chi connectivity index (χ0n) is 6.81. The number of allylic oxidation sites excluding steroid dienone is 1. The van der Waals surface area contributed by atoms with E-state index in [0.29, 0.717) is 12.1 Å². The Morgan fingerprint density at radius 3 is 2.50 bits per heavy atom. The van der Waals surface area contributed by atoms with Crippen LogP contribution >= 0.6 is 0 Å². The molecule has 0 fully saturated rings. The molecule has 0 N–H and O–H groups in total. The molecule has 0 spiro atoms. The summed E-state index contributed by atoms with van der Waals surface area (Å²) in [6.45, 7) is 2.11. The Bertz CT molecular complexity index is 240. The fourth-order valence-electron chi connectivity index (χ4n) is 1.03. The second kappa shape index (κ2) is 2.80. The van der Waals surface area contributed by atoms with Gasteiger partial charge in [-0.3, -0.25) is 5.01 Å². The number of hydrogen-bond acceptors (Lipinski definition) is 2. The first-order valence-electron chi connectivity index (χ1n) is 3.43. The maximum atomic E-state index is 12.1. The van der Waals surface area contributed by atoms with Crippen molar-refractivity contribution in [1.82, 2.24) is 5.01 Å². The van der Waals surface area contributed by atoms with Gasteiger partial charge in [-0.15, -0.1) is 0 Å². The predicted molar refractivity (Wildman–Crippen MR) is 39.9 cm³/mol. The molecule has 0 radical (unpaired) electrons. The number of likely N-dealkylation sites (N-methyl/N-ethyl adjacent to an activating group) is 1. The van der Waals surface area contributed by atoms with Crippen molar-refractivity contribution >= 4 is 5.71 Å². The van der Waals surface area contributed by atoms with Gasteiger partial charge in [0, 0.05) is 7.05 Å². The van der Waals surface area contributed by atoms with Crippen LogP contribution in [0.4, 0.5) is 13.2 Å². The lowest BCUT2D eigenvalue weighted by Gasteiger charge is -2.20. The van der Waals surface area contributed by atoms with E-state index in [-0.39, 0.29) is 0 Å². The highest BCUT2D eigenvalue weighted by molar-refractivity contribution is 6.00. The second-order valence-electron chi connectivity index (χ2n) is 2.79. The summed E-state index contributed by atoms with van der Waals surface area (Å²) in [5.41, 5.74) is -0.159. The fraction of sp³-hybridized carbons (Fsp3) is 0.571. The van der Waals surface area contributed by atoms with Gasteiger partial charge in [-0.1, -0.05) is 5.57 Å². The Labute approximate surface area is 68.4 Å². The summed E-state index contributed by atoms with van der Waals surface area (Å²) >= 11 is 0. The average Bonchev–Trinajstić information content (AvgIpc) is 1.82. The van der Waals surface area contributed by atoms with E-state index in [1.54, 1.807) is 6.92 Å². The van der Waals surface area contributed by atoms with Gasteiger partial charge in [-0.2, -0.15) is 18.3 Å². The van der Waals surface area contributed by atoms with Gasteiger partial charge in [0.1, 0.15) is 0 Å². The normalized spacial score (nSPS) is 18.9. The van der Waals surface area contributed by atoms with Crippen LogP contribution in [0, 0.1) is 0 Å². The third-order valence-corrected chi connectivity index (χ3v) is 1.43. The number of hydrogen-bond donors (Lipinski definition) is 0. The number of halogens is 3. The standard InChI is InChI=1S/C7H9F3N2/c1-5-3-6(7(8,9)10)11-12(2)4-5/h3H,4H2,1-2H3. The minimum atomic E-state index is -4.34. The molecule has 1 aliphatic rings. The van der Waals surface area contributed by atoms with E-state index in [4.69, 9.17) is 0 Å². The van der Waals surface area contributed by atoms with Gasteiger partial charge < -0.3 is 0 Å². The molecule has 0 aromatic heterocycles. The van der Waals surface area contributed by atoms with E-state index < -0.39 is 11.9 Å². The molecule has 5 heteroatoms. The molecular weight excluding hydrogens is 169 g/mol. The molecule has 1 aliphatic heterocycles. The fourth-order valence-corrected chi connectivity index (χ4v) is 1.03. The monoisotopic (exact) mass is 178 g/mol. The van der Waals surface area contributed by atoms with E-state index in [9.17, 15) is 13.2 Å². The van der Waals surface area contributed by atoms with Crippen LogP contribution in [0.1, 0.15) is 6.92 Å². The van der Waals surface area contributed by atoms with Crippen LogP contribution in [-0.4, -0.2) is 30.5 Å². The SMILES string of the molecule is CC1=CC(C(F)(F)F)=NN(C)C1. The Hall–Kier alpha value is -1.00. The van der Waals surface area contributed by atoms with E-state index >= 15 is 0 Å². The minimum absolute atomic E-state index is 0.458. The Morgan fingerprint density at radius 2 is 2.08 bits per heavy atom. The van der Waals surface area contributed by atoms with Crippen molar-refractivity contribution in [3.63, 3.8) is 0 Å². The first kappa shape index (κ1) is 9.09. The van der Waals surface area contributed by atoms with Gasteiger partial charge in [0.15, 0.2) is 5.71 Å². The molecule has 0 aromatic rings. The lowest BCUT2D eigenvalue weighted by molar-refractivity contribution is -0.0592. The molecule has 0 saturated carbocycles. The van der Waals surface area contributed by atoms with Crippen molar-refractivity contribution in [2.75, 3.05) is 13.6 Å². The molecule has 0 amide bonds. The molecule has 0 bridgehead atoms. The molecular formula is C7H9F3N2. The largest absolute Gasteiger partial charge is 0.435 e. The van der Waals surface area contributed by atoms with Crippen LogP contribution in [0.5, 0.6) is 0 Å². The van der Waals surface area contributed by atoms with Crippen molar-refractivity contribution in [1.29, 1.82) is 0 Å².